The Morgan fingerprint density at radius 2 is 1.85 bits per heavy atom. The van der Waals surface area contributed by atoms with Crippen LogP contribution in [0.25, 0.3) is 10.8 Å². The summed E-state index contributed by atoms with van der Waals surface area (Å²) in [5.74, 6) is 0. The van der Waals surface area contributed by atoms with E-state index >= 15 is 0 Å². The van der Waals surface area contributed by atoms with Gasteiger partial charge in [-0.25, -0.2) is 0 Å². The van der Waals surface area contributed by atoms with Gasteiger partial charge in [0.1, 0.15) is 0 Å². The molecule has 0 saturated carbocycles. The van der Waals surface area contributed by atoms with E-state index in [9.17, 15) is 0 Å². The van der Waals surface area contributed by atoms with Crippen LogP contribution in [-0.2, 0) is 0 Å². The molecule has 0 aromatic heterocycles. The van der Waals surface area contributed by atoms with Gasteiger partial charge in [0, 0.05) is 11.1 Å². The van der Waals surface area contributed by atoms with Crippen molar-refractivity contribution in [3.8, 4) is 0 Å². The predicted octanol–water partition coefficient (Wildman–Crippen LogP) is 0.659. The molecule has 3 heteroatoms. The number of rotatable bonds is 1. The van der Waals surface area contributed by atoms with Crippen LogP contribution in [0.2, 0.25) is 0 Å². The second-order valence-corrected chi connectivity index (χ2v) is 2.92. The summed E-state index contributed by atoms with van der Waals surface area (Å²) in [7, 11) is 1.03. The Morgan fingerprint density at radius 3 is 2.62 bits per heavy atom. The lowest BCUT2D eigenvalue weighted by Crippen LogP contribution is -2.18. The Labute approximate surface area is 77.3 Å². The molecule has 0 spiro atoms. The molecule has 2 nitrogen and oxygen atoms in total. The maximum Gasteiger partial charge on any atom is 0.328 e. The largest absolute Gasteiger partial charge is 0.450 e. The fourth-order valence-electron chi connectivity index (χ4n) is 1.43. The van der Waals surface area contributed by atoms with E-state index in [1.807, 2.05) is 30.3 Å². The third-order valence-electron chi connectivity index (χ3n) is 2.14. The molecule has 0 unspecified atom stereocenters. The summed E-state index contributed by atoms with van der Waals surface area (Å²) in [6, 6.07) is 11.6. The highest BCUT2D eigenvalue weighted by molar-refractivity contribution is 6.49. The van der Waals surface area contributed by atoms with E-state index in [4.69, 9.17) is 10.8 Å². The predicted molar refractivity (Wildman–Crippen MR) is 56.0 cm³/mol. The first-order valence-electron chi connectivity index (χ1n) is 4.07. The molecule has 3 N–H and O–H groups in total. The van der Waals surface area contributed by atoms with Crippen LogP contribution in [0.1, 0.15) is 0 Å². The van der Waals surface area contributed by atoms with Gasteiger partial charge < -0.3 is 10.8 Å². The average molecular weight is 170 g/mol. The number of hydrogen-bond acceptors (Lipinski definition) is 2. The molecule has 0 heterocycles. The molecule has 2 aromatic carbocycles. The fraction of sp³-hybridized carbons (Fsp3) is 0. The van der Waals surface area contributed by atoms with Gasteiger partial charge in [-0.1, -0.05) is 36.4 Å². The molecular formula is C10H9BNO. The number of fused-ring (bicyclic) bond motifs is 1. The fourth-order valence-corrected chi connectivity index (χ4v) is 1.43. The summed E-state index contributed by atoms with van der Waals surface area (Å²) < 4.78 is 0. The van der Waals surface area contributed by atoms with Gasteiger partial charge in [0.2, 0.25) is 0 Å². The topological polar surface area (TPSA) is 46.2 Å². The highest BCUT2D eigenvalue weighted by atomic mass is 16.2. The van der Waals surface area contributed by atoms with Gasteiger partial charge in [0.25, 0.3) is 0 Å². The minimum atomic E-state index is 0.626. The summed E-state index contributed by atoms with van der Waals surface area (Å²) in [6.07, 6.45) is 0. The highest BCUT2D eigenvalue weighted by Gasteiger charge is 2.03. The molecule has 0 bridgehead atoms. The molecule has 0 fully saturated rings. The third kappa shape index (κ3) is 1.27. The Hall–Kier alpha value is -1.48. The Kier molecular flexibility index (Phi) is 1.95. The molecular weight excluding hydrogens is 161 g/mol. The molecule has 0 aliphatic heterocycles. The number of benzene rings is 2. The first-order valence-corrected chi connectivity index (χ1v) is 4.07. The highest BCUT2D eigenvalue weighted by Crippen LogP contribution is 2.17. The van der Waals surface area contributed by atoms with Crippen molar-refractivity contribution >= 4 is 29.4 Å². The van der Waals surface area contributed by atoms with Crippen molar-refractivity contribution in [2.75, 3.05) is 5.73 Å². The molecule has 63 valence electrons. The molecule has 2 aromatic rings. The van der Waals surface area contributed by atoms with Crippen LogP contribution in [0.4, 0.5) is 5.69 Å². The van der Waals surface area contributed by atoms with E-state index < -0.39 is 0 Å². The van der Waals surface area contributed by atoms with Gasteiger partial charge in [0.05, 0.1) is 0 Å². The molecule has 0 amide bonds. The lowest BCUT2D eigenvalue weighted by atomic mass is 9.85. The summed E-state index contributed by atoms with van der Waals surface area (Å²) in [4.78, 5) is 0. The van der Waals surface area contributed by atoms with E-state index in [2.05, 4.69) is 0 Å². The van der Waals surface area contributed by atoms with Gasteiger partial charge in [-0.3, -0.25) is 0 Å². The van der Waals surface area contributed by atoms with Crippen molar-refractivity contribution in [1.29, 1.82) is 0 Å². The lowest BCUT2D eigenvalue weighted by molar-refractivity contribution is 0.615. The van der Waals surface area contributed by atoms with E-state index in [0.29, 0.717) is 11.2 Å². The minimum Gasteiger partial charge on any atom is -0.450 e. The van der Waals surface area contributed by atoms with Gasteiger partial charge in [0.15, 0.2) is 0 Å². The van der Waals surface area contributed by atoms with Crippen LogP contribution < -0.4 is 11.2 Å². The second kappa shape index (κ2) is 3.11. The first kappa shape index (κ1) is 8.14. The van der Waals surface area contributed by atoms with Crippen molar-refractivity contribution in [3.63, 3.8) is 0 Å². The number of hydrogen-bond donors (Lipinski definition) is 2. The number of nitrogen functional groups attached to an aromatic ring is 1. The van der Waals surface area contributed by atoms with Crippen molar-refractivity contribution < 1.29 is 5.02 Å². The van der Waals surface area contributed by atoms with Crippen LogP contribution in [-0.4, -0.2) is 12.5 Å². The summed E-state index contributed by atoms with van der Waals surface area (Å²) in [5, 5.41) is 10.9. The van der Waals surface area contributed by atoms with E-state index in [1.165, 1.54) is 0 Å². The van der Waals surface area contributed by atoms with Gasteiger partial charge >= 0.3 is 7.48 Å². The average Bonchev–Trinajstić information content (AvgIpc) is 2.19. The quantitative estimate of drug-likeness (QED) is 0.487. The molecule has 0 aliphatic carbocycles. The van der Waals surface area contributed by atoms with Gasteiger partial charge in [-0.2, -0.15) is 0 Å². The van der Waals surface area contributed by atoms with Gasteiger partial charge in [-0.05, 0) is 10.8 Å². The normalized spacial score (nSPS) is 10.2. The van der Waals surface area contributed by atoms with Crippen LogP contribution in [0.5, 0.6) is 0 Å². The van der Waals surface area contributed by atoms with Crippen molar-refractivity contribution in [2.45, 2.75) is 0 Å². The first-order chi connectivity index (χ1) is 6.33. The van der Waals surface area contributed by atoms with Crippen LogP contribution in [0.3, 0.4) is 0 Å². The van der Waals surface area contributed by atoms with Crippen molar-refractivity contribution in [1.82, 2.24) is 0 Å². The Morgan fingerprint density at radius 1 is 1.08 bits per heavy atom. The second-order valence-electron chi connectivity index (χ2n) is 2.92. The third-order valence-corrected chi connectivity index (χ3v) is 2.14. The van der Waals surface area contributed by atoms with Gasteiger partial charge in [-0.15, -0.1) is 0 Å². The molecule has 2 rings (SSSR count). The number of anilines is 1. The summed E-state index contributed by atoms with van der Waals surface area (Å²) >= 11 is 0. The Bertz CT molecular complexity index is 442. The zero-order valence-corrected chi connectivity index (χ0v) is 7.07. The van der Waals surface area contributed by atoms with Crippen molar-refractivity contribution in [2.24, 2.45) is 0 Å². The molecule has 13 heavy (non-hydrogen) atoms. The SMILES string of the molecule is Nc1c([B]O)ccc2ccccc12. The molecule has 1 radical (unpaired) electrons. The van der Waals surface area contributed by atoms with E-state index in [0.717, 1.165) is 18.3 Å². The monoisotopic (exact) mass is 170 g/mol. The van der Waals surface area contributed by atoms with Crippen LogP contribution >= 0.6 is 0 Å². The zero-order chi connectivity index (χ0) is 9.26. The minimum absolute atomic E-state index is 0.626. The zero-order valence-electron chi connectivity index (χ0n) is 7.07. The molecule has 0 atom stereocenters. The van der Waals surface area contributed by atoms with Crippen LogP contribution in [0.15, 0.2) is 36.4 Å². The standard InChI is InChI=1S/C10H9BNO/c12-10-8-4-2-1-3-7(8)5-6-9(10)11-13/h1-6,13H,12H2. The number of nitrogens with two attached hydrogens (primary N) is 1. The molecule has 0 saturated heterocycles. The smallest absolute Gasteiger partial charge is 0.328 e. The maximum atomic E-state index is 8.87. The summed E-state index contributed by atoms with van der Waals surface area (Å²) in [6.45, 7) is 0. The van der Waals surface area contributed by atoms with Crippen LogP contribution in [0, 0.1) is 0 Å². The lowest BCUT2D eigenvalue weighted by Gasteiger charge is -2.05. The Balaban J connectivity index is 2.79. The van der Waals surface area contributed by atoms with E-state index in [1.54, 1.807) is 6.07 Å². The van der Waals surface area contributed by atoms with Crippen molar-refractivity contribution in [3.05, 3.63) is 36.4 Å². The molecule has 0 aliphatic rings. The van der Waals surface area contributed by atoms with E-state index in [-0.39, 0.29) is 0 Å². The summed E-state index contributed by atoms with van der Waals surface area (Å²) in [5.41, 5.74) is 7.13. The maximum absolute atomic E-state index is 8.87.